The van der Waals surface area contributed by atoms with Crippen LogP contribution in [0.3, 0.4) is 0 Å². The van der Waals surface area contributed by atoms with Crippen LogP contribution in [0.4, 0.5) is 4.39 Å². The number of hydrogen-bond acceptors (Lipinski definition) is 8. The van der Waals surface area contributed by atoms with E-state index in [1.54, 1.807) is 12.1 Å². The Balaban J connectivity index is 1.50. The Morgan fingerprint density at radius 1 is 1.03 bits per heavy atom. The third-order valence-corrected chi connectivity index (χ3v) is 6.25. The van der Waals surface area contributed by atoms with Crippen LogP contribution in [0.2, 0.25) is 0 Å². The second-order valence-corrected chi connectivity index (χ2v) is 10.1. The third kappa shape index (κ3) is 5.01. The van der Waals surface area contributed by atoms with Crippen molar-refractivity contribution in [1.29, 1.82) is 0 Å². The zero-order chi connectivity index (χ0) is 24.5. The topological polar surface area (TPSA) is 108 Å². The number of rotatable bonds is 8. The summed E-state index contributed by atoms with van der Waals surface area (Å²) in [6.45, 7) is 5.89. The zero-order valence-electron chi connectivity index (χ0n) is 19.1. The molecule has 0 amide bonds. The molecule has 1 unspecified atom stereocenters. The highest BCUT2D eigenvalue weighted by Crippen LogP contribution is 2.30. The molecule has 10 heteroatoms. The molecular formula is C24H24FN3O5S. The minimum absolute atomic E-state index is 0.147. The summed E-state index contributed by atoms with van der Waals surface area (Å²) in [6, 6.07) is 11.1. The molecule has 4 aromatic rings. The second kappa shape index (κ2) is 9.38. The van der Waals surface area contributed by atoms with Crippen molar-refractivity contribution in [1.82, 2.24) is 15.1 Å². The Bertz CT molecular complexity index is 1390. The number of aromatic nitrogens is 3. The lowest BCUT2D eigenvalue weighted by atomic mass is 10.1. The molecule has 0 aliphatic carbocycles. The summed E-state index contributed by atoms with van der Waals surface area (Å²) in [4.78, 5) is 8.45. The van der Waals surface area contributed by atoms with Gasteiger partial charge in [-0.3, -0.25) is 0 Å². The fraction of sp³-hybridized carbons (Fsp3) is 0.292. The van der Waals surface area contributed by atoms with Crippen molar-refractivity contribution in [2.45, 2.75) is 44.1 Å². The van der Waals surface area contributed by atoms with Crippen LogP contribution < -0.4 is 4.74 Å². The maximum atomic E-state index is 14.3. The molecule has 2 aromatic heterocycles. The first kappa shape index (κ1) is 23.6. The lowest BCUT2D eigenvalue weighted by Gasteiger charge is -2.14. The van der Waals surface area contributed by atoms with Gasteiger partial charge in [0, 0.05) is 23.3 Å². The lowest BCUT2D eigenvalue weighted by Crippen LogP contribution is -2.07. The van der Waals surface area contributed by atoms with Crippen LogP contribution in [0, 0.1) is 5.82 Å². The van der Waals surface area contributed by atoms with Gasteiger partial charge in [-0.15, -0.1) is 0 Å². The van der Waals surface area contributed by atoms with Gasteiger partial charge < -0.3 is 13.7 Å². The fourth-order valence-corrected chi connectivity index (χ4v) is 4.00. The van der Waals surface area contributed by atoms with Crippen molar-refractivity contribution in [2.75, 3.05) is 6.26 Å². The maximum Gasteiger partial charge on any atom is 0.236 e. The number of ether oxygens (including phenoxy) is 1. The molecule has 1 atom stereocenters. The summed E-state index contributed by atoms with van der Waals surface area (Å²) in [5, 5.41) is 4.01. The van der Waals surface area contributed by atoms with Gasteiger partial charge in [0.1, 0.15) is 28.4 Å². The third-order valence-electron chi connectivity index (χ3n) is 5.12. The van der Waals surface area contributed by atoms with Crippen molar-refractivity contribution in [3.63, 3.8) is 0 Å². The van der Waals surface area contributed by atoms with Crippen molar-refractivity contribution in [3.05, 3.63) is 66.3 Å². The molecule has 0 radical (unpaired) electrons. The quantitative estimate of drug-likeness (QED) is 0.318. The van der Waals surface area contributed by atoms with Gasteiger partial charge in [0.2, 0.25) is 17.6 Å². The van der Waals surface area contributed by atoms with Crippen molar-refractivity contribution < 1.29 is 26.5 Å². The molecule has 2 heterocycles. The van der Waals surface area contributed by atoms with Gasteiger partial charge in [-0.05, 0) is 42.8 Å². The first-order valence-electron chi connectivity index (χ1n) is 10.7. The van der Waals surface area contributed by atoms with Crippen LogP contribution in [0.15, 0.2) is 62.6 Å². The molecular weight excluding hydrogens is 461 g/mol. The Labute approximate surface area is 196 Å². The van der Waals surface area contributed by atoms with E-state index in [1.165, 1.54) is 18.4 Å². The molecule has 0 aliphatic heterocycles. The summed E-state index contributed by atoms with van der Waals surface area (Å²) >= 11 is 0. The zero-order valence-corrected chi connectivity index (χ0v) is 20.0. The average Bonchev–Trinajstić information content (AvgIpc) is 3.47. The molecule has 0 spiro atoms. The van der Waals surface area contributed by atoms with E-state index in [1.807, 2.05) is 32.9 Å². The van der Waals surface area contributed by atoms with Crippen LogP contribution in [0.25, 0.3) is 22.6 Å². The molecule has 8 nitrogen and oxygen atoms in total. The summed E-state index contributed by atoms with van der Waals surface area (Å²) in [5.41, 5.74) is 1.58. The second-order valence-electron chi connectivity index (χ2n) is 8.14. The predicted octanol–water partition coefficient (Wildman–Crippen LogP) is 5.59. The minimum atomic E-state index is -3.65. The molecule has 4 rings (SSSR count). The van der Waals surface area contributed by atoms with Crippen LogP contribution >= 0.6 is 0 Å². The fourth-order valence-electron chi connectivity index (χ4n) is 3.27. The van der Waals surface area contributed by atoms with E-state index in [9.17, 15) is 12.8 Å². The smallest absolute Gasteiger partial charge is 0.236 e. The number of nitrogens with zero attached hydrogens (tertiary/aromatic N) is 3. The Hall–Kier alpha value is -3.53. The van der Waals surface area contributed by atoms with Crippen LogP contribution in [-0.2, 0) is 9.84 Å². The van der Waals surface area contributed by atoms with E-state index in [0.29, 0.717) is 41.0 Å². The minimum Gasteiger partial charge on any atom is -0.481 e. The molecule has 0 aliphatic rings. The molecule has 0 saturated heterocycles. The summed E-state index contributed by atoms with van der Waals surface area (Å²) < 4.78 is 54.4. The summed E-state index contributed by atoms with van der Waals surface area (Å²) in [6.07, 6.45) is 2.45. The highest BCUT2D eigenvalue weighted by molar-refractivity contribution is 7.90. The van der Waals surface area contributed by atoms with Crippen molar-refractivity contribution in [3.8, 4) is 28.4 Å². The SMILES string of the molecule is CCC(Oc1ccc(-c2noc(C(C)C)n2)cc1)c1nc(-c2ccc(S(C)(=O)=O)c(F)c2)co1. The monoisotopic (exact) mass is 485 g/mol. The van der Waals surface area contributed by atoms with Crippen LogP contribution in [0.1, 0.15) is 51.0 Å². The van der Waals surface area contributed by atoms with E-state index >= 15 is 0 Å². The van der Waals surface area contributed by atoms with Crippen LogP contribution in [0.5, 0.6) is 5.75 Å². The Morgan fingerprint density at radius 3 is 2.32 bits per heavy atom. The van der Waals surface area contributed by atoms with E-state index in [-0.39, 0.29) is 10.8 Å². The average molecular weight is 486 g/mol. The highest BCUT2D eigenvalue weighted by atomic mass is 32.2. The van der Waals surface area contributed by atoms with E-state index in [2.05, 4.69) is 15.1 Å². The molecule has 0 saturated carbocycles. The molecule has 0 fully saturated rings. The maximum absolute atomic E-state index is 14.3. The van der Waals surface area contributed by atoms with E-state index in [0.717, 1.165) is 17.9 Å². The standard InChI is InChI=1S/C24H24FN3O5S/c1-5-20(32-17-9-6-15(7-10-17)22-27-23(14(2)3)33-28-22)24-26-19(13-31-24)16-8-11-21(18(25)12-16)34(4,29)30/h6-14,20H,5H2,1-4H3. The van der Waals surface area contributed by atoms with Gasteiger partial charge in [-0.1, -0.05) is 32.0 Å². The first-order valence-corrected chi connectivity index (χ1v) is 12.6. The number of hydrogen-bond donors (Lipinski definition) is 0. The van der Waals surface area contributed by atoms with Gasteiger partial charge in [0.05, 0.1) is 0 Å². The van der Waals surface area contributed by atoms with Gasteiger partial charge in [0.25, 0.3) is 0 Å². The Kier molecular flexibility index (Phi) is 6.52. The normalized spacial score (nSPS) is 12.8. The Morgan fingerprint density at radius 2 is 1.74 bits per heavy atom. The number of sulfone groups is 1. The lowest BCUT2D eigenvalue weighted by molar-refractivity contribution is 0.165. The van der Waals surface area contributed by atoms with Gasteiger partial charge in [-0.2, -0.15) is 4.98 Å². The largest absolute Gasteiger partial charge is 0.481 e. The van der Waals surface area contributed by atoms with Gasteiger partial charge in [-0.25, -0.2) is 17.8 Å². The summed E-state index contributed by atoms with van der Waals surface area (Å²) in [5.74, 6) is 1.32. The van der Waals surface area contributed by atoms with Crippen molar-refractivity contribution >= 4 is 9.84 Å². The predicted molar refractivity (Wildman–Crippen MR) is 122 cm³/mol. The molecule has 2 aromatic carbocycles. The highest BCUT2D eigenvalue weighted by Gasteiger charge is 2.20. The molecule has 0 N–H and O–H groups in total. The molecule has 0 bridgehead atoms. The summed E-state index contributed by atoms with van der Waals surface area (Å²) in [7, 11) is -3.65. The van der Waals surface area contributed by atoms with Crippen molar-refractivity contribution in [2.24, 2.45) is 0 Å². The van der Waals surface area contributed by atoms with E-state index < -0.39 is 21.8 Å². The number of oxazole rings is 1. The first-order chi connectivity index (χ1) is 16.2. The molecule has 34 heavy (non-hydrogen) atoms. The van der Waals surface area contributed by atoms with Crippen LogP contribution in [-0.4, -0.2) is 29.8 Å². The van der Waals surface area contributed by atoms with E-state index in [4.69, 9.17) is 13.7 Å². The molecule has 178 valence electrons. The van der Waals surface area contributed by atoms with Gasteiger partial charge in [0.15, 0.2) is 15.9 Å². The van der Waals surface area contributed by atoms with Gasteiger partial charge >= 0.3 is 0 Å². The number of benzene rings is 2. The number of halogens is 1.